The fourth-order valence-corrected chi connectivity index (χ4v) is 2.44. The van der Waals surface area contributed by atoms with Crippen molar-refractivity contribution in [3.8, 4) is 0 Å². The summed E-state index contributed by atoms with van der Waals surface area (Å²) in [5.41, 5.74) is 0.725. The van der Waals surface area contributed by atoms with Crippen LogP contribution in [0.25, 0.3) is 11.0 Å². The van der Waals surface area contributed by atoms with Crippen molar-refractivity contribution in [3.63, 3.8) is 0 Å². The van der Waals surface area contributed by atoms with Crippen molar-refractivity contribution in [1.82, 2.24) is 4.90 Å². The minimum atomic E-state index is -0.240. The van der Waals surface area contributed by atoms with E-state index in [1.165, 1.54) is 12.1 Å². The van der Waals surface area contributed by atoms with Crippen molar-refractivity contribution in [1.29, 1.82) is 0 Å². The van der Waals surface area contributed by atoms with E-state index >= 15 is 0 Å². The van der Waals surface area contributed by atoms with Gasteiger partial charge in [-0.1, -0.05) is 0 Å². The van der Waals surface area contributed by atoms with E-state index in [0.29, 0.717) is 0 Å². The van der Waals surface area contributed by atoms with E-state index in [-0.39, 0.29) is 11.9 Å². The maximum Gasteiger partial charge on any atom is 0.134 e. The monoisotopic (exact) mass is 249 g/mol. The summed E-state index contributed by atoms with van der Waals surface area (Å²) in [5.74, 6) is 0.614. The Labute approximate surface area is 105 Å². The number of nitrogens with zero attached hydrogens (tertiary/aromatic N) is 1. The highest BCUT2D eigenvalue weighted by Gasteiger charge is 2.18. The minimum Gasteiger partial charge on any atom is -0.460 e. The van der Waals surface area contributed by atoms with Gasteiger partial charge in [0, 0.05) is 18.5 Å². The van der Waals surface area contributed by atoms with Crippen LogP contribution < -0.4 is 0 Å². The molecule has 1 aromatic carbocycles. The fraction of sp³-hybridized carbons (Fsp3) is 0.429. The molecule has 0 saturated carbocycles. The average Bonchev–Trinajstić information content (AvgIpc) is 2.73. The quantitative estimate of drug-likeness (QED) is 0.888. The second-order valence-electron chi connectivity index (χ2n) is 4.90. The molecule has 0 aliphatic carbocycles. The highest BCUT2D eigenvalue weighted by atomic mass is 19.1. The maximum atomic E-state index is 13.1. The van der Waals surface area contributed by atoms with Gasteiger partial charge in [-0.3, -0.25) is 4.90 Å². The number of likely N-dealkylation sites (tertiary alicyclic amines) is 1. The van der Waals surface area contributed by atoms with E-state index in [1.807, 2.05) is 6.07 Å². The minimum absolute atomic E-state index is 0.161. The summed E-state index contributed by atoms with van der Waals surface area (Å²) in [4.78, 5) is 2.25. The summed E-state index contributed by atoms with van der Waals surface area (Å²) in [6.45, 7) is 2.49. The predicted molar refractivity (Wildman–Crippen MR) is 66.7 cm³/mol. The lowest BCUT2D eigenvalue weighted by atomic mass is 10.1. The molecule has 4 heteroatoms. The smallest absolute Gasteiger partial charge is 0.134 e. The van der Waals surface area contributed by atoms with Gasteiger partial charge in [0.15, 0.2) is 0 Å². The first-order valence-corrected chi connectivity index (χ1v) is 6.29. The highest BCUT2D eigenvalue weighted by Crippen LogP contribution is 2.22. The number of aliphatic hydroxyl groups is 1. The lowest BCUT2D eigenvalue weighted by Crippen LogP contribution is -2.35. The first-order chi connectivity index (χ1) is 8.70. The largest absolute Gasteiger partial charge is 0.460 e. The summed E-state index contributed by atoms with van der Waals surface area (Å²) < 4.78 is 18.7. The number of benzene rings is 1. The molecular formula is C14H16FNO2. The van der Waals surface area contributed by atoms with E-state index in [0.717, 1.165) is 49.2 Å². The van der Waals surface area contributed by atoms with Crippen molar-refractivity contribution in [2.75, 3.05) is 13.1 Å². The summed E-state index contributed by atoms with van der Waals surface area (Å²) in [5, 5.41) is 10.3. The van der Waals surface area contributed by atoms with Crippen LogP contribution in [-0.2, 0) is 6.54 Å². The number of fused-ring (bicyclic) bond motifs is 1. The summed E-state index contributed by atoms with van der Waals surface area (Å²) in [6, 6.07) is 6.45. The highest BCUT2D eigenvalue weighted by molar-refractivity contribution is 5.77. The van der Waals surface area contributed by atoms with Crippen LogP contribution in [0.3, 0.4) is 0 Å². The third-order valence-corrected chi connectivity index (χ3v) is 3.47. The number of furan rings is 1. The number of aliphatic hydroxyl groups excluding tert-OH is 1. The fourth-order valence-electron chi connectivity index (χ4n) is 2.44. The molecule has 0 unspecified atom stereocenters. The first-order valence-electron chi connectivity index (χ1n) is 6.29. The zero-order valence-corrected chi connectivity index (χ0v) is 10.1. The zero-order chi connectivity index (χ0) is 12.5. The molecule has 1 saturated heterocycles. The lowest BCUT2D eigenvalue weighted by molar-refractivity contribution is 0.0762. The Morgan fingerprint density at radius 3 is 2.83 bits per heavy atom. The molecule has 2 heterocycles. The summed E-state index contributed by atoms with van der Waals surface area (Å²) in [7, 11) is 0. The molecule has 0 atom stereocenters. The van der Waals surface area contributed by atoms with Gasteiger partial charge in [0.2, 0.25) is 0 Å². The van der Waals surface area contributed by atoms with Crippen LogP contribution in [0.15, 0.2) is 28.7 Å². The van der Waals surface area contributed by atoms with Crippen LogP contribution >= 0.6 is 0 Å². The third-order valence-electron chi connectivity index (χ3n) is 3.47. The molecule has 18 heavy (non-hydrogen) atoms. The van der Waals surface area contributed by atoms with Crippen molar-refractivity contribution in [2.24, 2.45) is 0 Å². The Morgan fingerprint density at radius 1 is 1.28 bits per heavy atom. The summed E-state index contributed by atoms with van der Waals surface area (Å²) >= 11 is 0. The van der Waals surface area contributed by atoms with Crippen LogP contribution in [0, 0.1) is 5.82 Å². The number of rotatable bonds is 2. The molecule has 0 radical (unpaired) electrons. The second kappa shape index (κ2) is 4.71. The lowest BCUT2D eigenvalue weighted by Gasteiger charge is -2.28. The van der Waals surface area contributed by atoms with Crippen molar-refractivity contribution < 1.29 is 13.9 Å². The Bertz CT molecular complexity index is 544. The predicted octanol–water partition coefficient (Wildman–Crippen LogP) is 2.53. The van der Waals surface area contributed by atoms with Crippen LogP contribution in [0.5, 0.6) is 0 Å². The molecule has 3 rings (SSSR count). The molecule has 1 fully saturated rings. The van der Waals surface area contributed by atoms with Crippen molar-refractivity contribution >= 4 is 11.0 Å². The Balaban J connectivity index is 1.74. The van der Waals surface area contributed by atoms with Gasteiger partial charge in [-0.25, -0.2) is 4.39 Å². The van der Waals surface area contributed by atoms with Crippen molar-refractivity contribution in [3.05, 3.63) is 35.8 Å². The molecule has 0 spiro atoms. The van der Waals surface area contributed by atoms with Crippen LogP contribution in [0.1, 0.15) is 18.6 Å². The Morgan fingerprint density at radius 2 is 2.06 bits per heavy atom. The van der Waals surface area contributed by atoms with Crippen molar-refractivity contribution in [2.45, 2.75) is 25.5 Å². The van der Waals surface area contributed by atoms with Gasteiger partial charge >= 0.3 is 0 Å². The third kappa shape index (κ3) is 2.40. The zero-order valence-electron chi connectivity index (χ0n) is 10.1. The summed E-state index contributed by atoms with van der Waals surface area (Å²) in [6.07, 6.45) is 1.47. The number of hydrogen-bond donors (Lipinski definition) is 1. The molecule has 3 nitrogen and oxygen atoms in total. The van der Waals surface area contributed by atoms with Crippen LogP contribution in [-0.4, -0.2) is 29.2 Å². The van der Waals surface area contributed by atoms with E-state index < -0.39 is 0 Å². The Kier molecular flexibility index (Phi) is 3.06. The number of piperidine rings is 1. The first kappa shape index (κ1) is 11.7. The normalized spacial score (nSPS) is 18.6. The van der Waals surface area contributed by atoms with Gasteiger partial charge in [-0.15, -0.1) is 0 Å². The molecule has 96 valence electrons. The average molecular weight is 249 g/mol. The van der Waals surface area contributed by atoms with Crippen LogP contribution in [0.2, 0.25) is 0 Å². The molecule has 1 aliphatic rings. The number of halogens is 1. The van der Waals surface area contributed by atoms with E-state index in [9.17, 15) is 9.50 Å². The topological polar surface area (TPSA) is 36.6 Å². The van der Waals surface area contributed by atoms with Gasteiger partial charge < -0.3 is 9.52 Å². The van der Waals surface area contributed by atoms with E-state index in [2.05, 4.69) is 4.90 Å². The van der Waals surface area contributed by atoms with Gasteiger partial charge in [-0.05, 0) is 37.1 Å². The Hall–Kier alpha value is -1.39. The molecule has 2 aromatic rings. The van der Waals surface area contributed by atoms with Gasteiger partial charge in [0.25, 0.3) is 0 Å². The molecule has 1 aliphatic heterocycles. The standard InChI is InChI=1S/C14H16FNO2/c15-11-1-2-14-10(7-11)8-13(18-14)9-16-5-3-12(17)4-6-16/h1-2,7-8,12,17H,3-6,9H2. The van der Waals surface area contributed by atoms with Gasteiger partial charge in [0.1, 0.15) is 17.2 Å². The number of hydrogen-bond acceptors (Lipinski definition) is 3. The van der Waals surface area contributed by atoms with Gasteiger partial charge in [0.05, 0.1) is 12.6 Å². The molecule has 0 bridgehead atoms. The van der Waals surface area contributed by atoms with E-state index in [1.54, 1.807) is 6.07 Å². The SMILES string of the molecule is OC1CCN(Cc2cc3cc(F)ccc3o2)CC1. The molecule has 1 N–H and O–H groups in total. The van der Waals surface area contributed by atoms with Crippen LogP contribution in [0.4, 0.5) is 4.39 Å². The second-order valence-corrected chi connectivity index (χ2v) is 4.90. The molecule has 0 amide bonds. The van der Waals surface area contributed by atoms with Gasteiger partial charge in [-0.2, -0.15) is 0 Å². The molecular weight excluding hydrogens is 233 g/mol. The molecule has 1 aromatic heterocycles. The van der Waals surface area contributed by atoms with E-state index in [4.69, 9.17) is 4.42 Å². The maximum absolute atomic E-state index is 13.1.